The monoisotopic (exact) mass is 391 g/mol. The van der Waals surface area contributed by atoms with E-state index in [9.17, 15) is 18.0 Å². The van der Waals surface area contributed by atoms with Crippen molar-refractivity contribution in [2.75, 3.05) is 23.9 Å². The lowest BCUT2D eigenvalue weighted by Gasteiger charge is -2.09. The van der Waals surface area contributed by atoms with Gasteiger partial charge in [-0.05, 0) is 18.1 Å². The van der Waals surface area contributed by atoms with Gasteiger partial charge in [0.1, 0.15) is 0 Å². The quantitative estimate of drug-likeness (QED) is 0.707. The van der Waals surface area contributed by atoms with Crippen molar-refractivity contribution in [2.24, 2.45) is 0 Å². The van der Waals surface area contributed by atoms with Crippen molar-refractivity contribution < 1.29 is 22.7 Å². The smallest absolute Gasteiger partial charge is 0.316 e. The molecule has 1 aromatic rings. The van der Waals surface area contributed by atoms with Gasteiger partial charge in [-0.3, -0.25) is 9.59 Å². The summed E-state index contributed by atoms with van der Waals surface area (Å²) in [5, 5.41) is 3.10. The Hall–Kier alpha value is -1.25. The van der Waals surface area contributed by atoms with Crippen LogP contribution in [0.15, 0.2) is 24.3 Å². The highest BCUT2D eigenvalue weighted by molar-refractivity contribution is 8.02. The molecule has 0 aromatic heterocycles. The Morgan fingerprint density at radius 3 is 2.75 bits per heavy atom. The third-order valence-electron chi connectivity index (χ3n) is 3.43. The molecule has 1 atom stereocenters. The highest BCUT2D eigenvalue weighted by Crippen LogP contribution is 2.24. The zero-order valence-electron chi connectivity index (χ0n) is 12.9. The van der Waals surface area contributed by atoms with Crippen molar-refractivity contribution in [3.63, 3.8) is 0 Å². The van der Waals surface area contributed by atoms with Gasteiger partial charge in [0, 0.05) is 16.8 Å². The minimum atomic E-state index is -2.95. The molecule has 24 heavy (non-hydrogen) atoms. The standard InChI is InChI=1S/C15H18ClNO5S2/c16-13-4-2-1-3-11(13)7-17-14(18)8-22-15(19)9-23-12-5-6-24(20,21)10-12/h1-4,12H,5-10H2,(H,17,18)/t12-/m1/s1. The predicted molar refractivity (Wildman–Crippen MR) is 93.8 cm³/mol. The molecule has 0 radical (unpaired) electrons. The van der Waals surface area contributed by atoms with Gasteiger partial charge in [0.05, 0.1) is 17.3 Å². The molecule has 0 spiro atoms. The largest absolute Gasteiger partial charge is 0.455 e. The Kier molecular flexibility index (Phi) is 6.94. The van der Waals surface area contributed by atoms with E-state index in [1.807, 2.05) is 6.07 Å². The molecule has 132 valence electrons. The van der Waals surface area contributed by atoms with Crippen LogP contribution in [-0.4, -0.2) is 49.4 Å². The minimum absolute atomic E-state index is 0.0397. The summed E-state index contributed by atoms with van der Waals surface area (Å²) in [6.07, 6.45) is 0.554. The number of sulfone groups is 1. The molecule has 1 saturated heterocycles. The highest BCUT2D eigenvalue weighted by atomic mass is 35.5. The first kappa shape index (κ1) is 19.1. The lowest BCUT2D eigenvalue weighted by Crippen LogP contribution is -2.29. The second-order valence-corrected chi connectivity index (χ2v) is 9.29. The van der Waals surface area contributed by atoms with Gasteiger partial charge in [-0.25, -0.2) is 8.42 Å². The predicted octanol–water partition coefficient (Wildman–Crippen LogP) is 1.42. The van der Waals surface area contributed by atoms with E-state index >= 15 is 0 Å². The number of thioether (sulfide) groups is 1. The van der Waals surface area contributed by atoms with Crippen LogP contribution >= 0.6 is 23.4 Å². The summed E-state index contributed by atoms with van der Waals surface area (Å²) in [5.41, 5.74) is 0.775. The van der Waals surface area contributed by atoms with E-state index in [4.69, 9.17) is 16.3 Å². The minimum Gasteiger partial charge on any atom is -0.455 e. The van der Waals surface area contributed by atoms with Crippen molar-refractivity contribution in [3.8, 4) is 0 Å². The summed E-state index contributed by atoms with van der Waals surface area (Å²) in [6.45, 7) is -0.114. The maximum Gasteiger partial charge on any atom is 0.316 e. The summed E-state index contributed by atoms with van der Waals surface area (Å²) in [4.78, 5) is 23.3. The first-order valence-corrected chi connectivity index (χ1v) is 10.6. The second kappa shape index (κ2) is 8.73. The molecule has 2 rings (SSSR count). The zero-order chi connectivity index (χ0) is 17.6. The fourth-order valence-electron chi connectivity index (χ4n) is 2.15. The van der Waals surface area contributed by atoms with Crippen LogP contribution < -0.4 is 5.32 Å². The number of hydrogen-bond donors (Lipinski definition) is 1. The van der Waals surface area contributed by atoms with Crippen LogP contribution in [0.25, 0.3) is 0 Å². The summed E-state index contributed by atoms with van der Waals surface area (Å²) < 4.78 is 27.5. The molecular formula is C15H18ClNO5S2. The molecule has 6 nitrogen and oxygen atoms in total. The van der Waals surface area contributed by atoms with Crippen LogP contribution in [0.3, 0.4) is 0 Å². The van der Waals surface area contributed by atoms with Gasteiger partial charge in [-0.2, -0.15) is 0 Å². The summed E-state index contributed by atoms with van der Waals surface area (Å²) in [7, 11) is -2.95. The van der Waals surface area contributed by atoms with E-state index in [0.717, 1.165) is 5.56 Å². The first-order chi connectivity index (χ1) is 11.4. The number of halogens is 1. The van der Waals surface area contributed by atoms with Crippen LogP contribution in [0, 0.1) is 0 Å². The molecule has 0 saturated carbocycles. The molecule has 0 bridgehead atoms. The van der Waals surface area contributed by atoms with E-state index in [2.05, 4.69) is 5.32 Å². The number of hydrogen-bond acceptors (Lipinski definition) is 6. The number of ether oxygens (including phenoxy) is 1. The molecule has 1 aromatic carbocycles. The van der Waals surface area contributed by atoms with Crippen molar-refractivity contribution in [1.29, 1.82) is 0 Å². The van der Waals surface area contributed by atoms with Crippen LogP contribution in [-0.2, 0) is 30.7 Å². The zero-order valence-corrected chi connectivity index (χ0v) is 15.3. The highest BCUT2D eigenvalue weighted by Gasteiger charge is 2.28. The lowest BCUT2D eigenvalue weighted by molar-refractivity contribution is -0.145. The average Bonchev–Trinajstić information content (AvgIpc) is 2.89. The summed E-state index contributed by atoms with van der Waals surface area (Å²) >= 11 is 7.23. The van der Waals surface area contributed by atoms with Crippen molar-refractivity contribution >= 4 is 45.1 Å². The van der Waals surface area contributed by atoms with E-state index in [1.165, 1.54) is 11.8 Å². The lowest BCUT2D eigenvalue weighted by atomic mass is 10.2. The molecule has 1 aliphatic rings. The van der Waals surface area contributed by atoms with E-state index in [0.29, 0.717) is 11.4 Å². The Morgan fingerprint density at radius 2 is 2.08 bits per heavy atom. The Morgan fingerprint density at radius 1 is 1.33 bits per heavy atom. The number of amides is 1. The van der Waals surface area contributed by atoms with Crippen LogP contribution in [0.5, 0.6) is 0 Å². The topological polar surface area (TPSA) is 89.5 Å². The molecule has 0 aliphatic carbocycles. The van der Waals surface area contributed by atoms with Gasteiger partial charge in [0.2, 0.25) is 0 Å². The van der Waals surface area contributed by atoms with E-state index in [1.54, 1.807) is 18.2 Å². The molecule has 1 fully saturated rings. The van der Waals surface area contributed by atoms with E-state index < -0.39 is 21.7 Å². The third-order valence-corrected chi connectivity index (χ3v) is 7.05. The molecular weight excluding hydrogens is 374 g/mol. The van der Waals surface area contributed by atoms with Gasteiger partial charge in [-0.15, -0.1) is 11.8 Å². The first-order valence-electron chi connectivity index (χ1n) is 7.33. The fourth-order valence-corrected chi connectivity index (χ4v) is 5.79. The SMILES string of the molecule is O=C(COC(=O)CS[C@@H]1CCS(=O)(=O)C1)NCc1ccccc1Cl. The van der Waals surface area contributed by atoms with Gasteiger partial charge in [-0.1, -0.05) is 29.8 Å². The maximum absolute atomic E-state index is 11.7. The Labute approximate surface area is 150 Å². The second-order valence-electron chi connectivity index (χ2n) is 5.36. The normalized spacial score (nSPS) is 19.0. The molecule has 9 heteroatoms. The molecule has 1 heterocycles. The maximum atomic E-state index is 11.7. The van der Waals surface area contributed by atoms with Gasteiger partial charge < -0.3 is 10.1 Å². The van der Waals surface area contributed by atoms with Crippen LogP contribution in [0.4, 0.5) is 0 Å². The molecule has 0 unspecified atom stereocenters. The number of esters is 1. The number of carbonyl (C=O) groups is 2. The fraction of sp³-hybridized carbons (Fsp3) is 0.467. The molecule has 1 aliphatic heterocycles. The summed E-state index contributed by atoms with van der Waals surface area (Å²) in [6, 6.07) is 7.13. The number of carbonyl (C=O) groups excluding carboxylic acids is 2. The molecule has 1 amide bonds. The van der Waals surface area contributed by atoms with Crippen molar-refractivity contribution in [3.05, 3.63) is 34.9 Å². The van der Waals surface area contributed by atoms with Gasteiger partial charge in [0.25, 0.3) is 5.91 Å². The van der Waals surface area contributed by atoms with Crippen LogP contribution in [0.1, 0.15) is 12.0 Å². The molecule has 1 N–H and O–H groups in total. The Bertz CT molecular complexity index is 708. The average molecular weight is 392 g/mol. The van der Waals surface area contributed by atoms with Crippen LogP contribution in [0.2, 0.25) is 5.02 Å². The van der Waals surface area contributed by atoms with E-state index in [-0.39, 0.29) is 35.7 Å². The number of nitrogens with one attached hydrogen (secondary N) is 1. The van der Waals surface area contributed by atoms with Crippen molar-refractivity contribution in [2.45, 2.75) is 18.2 Å². The van der Waals surface area contributed by atoms with Gasteiger partial charge in [0.15, 0.2) is 16.4 Å². The number of benzene rings is 1. The number of rotatable bonds is 7. The Balaban J connectivity index is 1.63. The third kappa shape index (κ3) is 6.33. The summed E-state index contributed by atoms with van der Waals surface area (Å²) in [5.74, 6) is -0.639. The van der Waals surface area contributed by atoms with Crippen molar-refractivity contribution in [1.82, 2.24) is 5.32 Å². The van der Waals surface area contributed by atoms with Gasteiger partial charge >= 0.3 is 5.97 Å².